The summed E-state index contributed by atoms with van der Waals surface area (Å²) in [6, 6.07) is 14.7. The van der Waals surface area contributed by atoms with Gasteiger partial charge in [-0.1, -0.05) is 58.0 Å². The molecule has 0 spiro atoms. The summed E-state index contributed by atoms with van der Waals surface area (Å²) in [5.74, 6) is 1.09. The molecule has 2 unspecified atom stereocenters. The molecule has 0 radical (unpaired) electrons. The Morgan fingerprint density at radius 3 is 2.44 bits per heavy atom. The van der Waals surface area contributed by atoms with Crippen molar-refractivity contribution in [1.82, 2.24) is 9.27 Å². The second kappa shape index (κ2) is 7.80. The van der Waals surface area contributed by atoms with Crippen molar-refractivity contribution in [2.75, 3.05) is 37.6 Å². The quantitative estimate of drug-likeness (QED) is 0.626. The molecule has 6 heteroatoms. The molecule has 0 bridgehead atoms. The molecule has 5 nitrogen and oxygen atoms in total. The molecule has 170 valence electrons. The van der Waals surface area contributed by atoms with Gasteiger partial charge >= 0.3 is 0 Å². The molecule has 2 atom stereocenters. The van der Waals surface area contributed by atoms with Crippen LogP contribution in [0, 0.1) is 0 Å². The third-order valence-corrected chi connectivity index (χ3v) is 8.46. The molecule has 1 fully saturated rings. The Morgan fingerprint density at radius 2 is 1.69 bits per heavy atom. The van der Waals surface area contributed by atoms with Gasteiger partial charge in [0.1, 0.15) is 5.82 Å². The molecule has 0 saturated carbocycles. The van der Waals surface area contributed by atoms with Crippen molar-refractivity contribution in [3.63, 3.8) is 0 Å². The first kappa shape index (κ1) is 21.8. The molecule has 5 rings (SSSR count). The zero-order valence-electron chi connectivity index (χ0n) is 19.4. The highest BCUT2D eigenvalue weighted by Gasteiger charge is 2.50. The Morgan fingerprint density at radius 1 is 1.00 bits per heavy atom. The lowest BCUT2D eigenvalue weighted by atomic mass is 9.78. The summed E-state index contributed by atoms with van der Waals surface area (Å²) >= 11 is 1.56. The van der Waals surface area contributed by atoms with E-state index in [9.17, 15) is 10.2 Å². The van der Waals surface area contributed by atoms with Gasteiger partial charge < -0.3 is 15.1 Å². The van der Waals surface area contributed by atoms with Crippen molar-refractivity contribution in [1.29, 1.82) is 0 Å². The van der Waals surface area contributed by atoms with Gasteiger partial charge in [-0.3, -0.25) is 4.90 Å². The number of rotatable bonds is 4. The van der Waals surface area contributed by atoms with Gasteiger partial charge in [0.25, 0.3) is 0 Å². The predicted octanol–water partition coefficient (Wildman–Crippen LogP) is 4.08. The van der Waals surface area contributed by atoms with Crippen molar-refractivity contribution >= 4 is 27.4 Å². The SMILES string of the molecule is CC1(C)c2ccc(C(O)CN3CCN(c4nsc5ccccc45)CC3)cc2C(C)(C)C1O. The molecule has 1 aliphatic heterocycles. The molecule has 2 aliphatic rings. The van der Waals surface area contributed by atoms with Gasteiger partial charge in [0.15, 0.2) is 0 Å². The van der Waals surface area contributed by atoms with Gasteiger partial charge in [-0.05, 0) is 40.4 Å². The zero-order chi connectivity index (χ0) is 22.7. The maximum atomic E-state index is 11.0. The first-order valence-electron chi connectivity index (χ1n) is 11.5. The Kier molecular flexibility index (Phi) is 5.32. The highest BCUT2D eigenvalue weighted by atomic mass is 32.1. The van der Waals surface area contributed by atoms with Crippen molar-refractivity contribution in [3.8, 4) is 0 Å². The lowest BCUT2D eigenvalue weighted by Crippen LogP contribution is -2.47. The van der Waals surface area contributed by atoms with Crippen LogP contribution in [-0.4, -0.2) is 58.3 Å². The van der Waals surface area contributed by atoms with Crippen LogP contribution in [0.15, 0.2) is 42.5 Å². The summed E-state index contributed by atoms with van der Waals surface area (Å²) in [7, 11) is 0. The van der Waals surface area contributed by atoms with Crippen LogP contribution in [-0.2, 0) is 10.8 Å². The van der Waals surface area contributed by atoms with Crippen LogP contribution in [0.1, 0.15) is 50.5 Å². The fourth-order valence-electron chi connectivity index (χ4n) is 5.65. The molecule has 0 amide bonds. The molecular formula is C26H33N3O2S. The summed E-state index contributed by atoms with van der Waals surface area (Å²) in [5.41, 5.74) is 2.69. The fraction of sp³-hybridized carbons (Fsp3) is 0.500. The Labute approximate surface area is 194 Å². The predicted molar refractivity (Wildman–Crippen MR) is 132 cm³/mol. The van der Waals surface area contributed by atoms with E-state index >= 15 is 0 Å². The number of hydrogen-bond acceptors (Lipinski definition) is 6. The minimum Gasteiger partial charge on any atom is -0.391 e. The van der Waals surface area contributed by atoms with Gasteiger partial charge in [-0.2, -0.15) is 4.37 Å². The van der Waals surface area contributed by atoms with Crippen LogP contribution in [0.2, 0.25) is 0 Å². The van der Waals surface area contributed by atoms with E-state index in [0.29, 0.717) is 6.54 Å². The van der Waals surface area contributed by atoms with Crippen molar-refractivity contribution < 1.29 is 10.2 Å². The van der Waals surface area contributed by atoms with E-state index in [1.54, 1.807) is 11.5 Å². The Hall–Kier alpha value is -1.99. The van der Waals surface area contributed by atoms with Gasteiger partial charge in [-0.25, -0.2) is 0 Å². The standard InChI is InChI=1S/C26H33N3O2S/c1-25(2)19-10-9-17(15-20(19)26(3,4)24(25)31)21(30)16-28-11-13-29(14-12-28)23-18-7-5-6-8-22(18)32-27-23/h5-10,15,21,24,30-31H,11-14,16H2,1-4H3. The Balaban J connectivity index is 1.26. The number of nitrogens with zero attached hydrogens (tertiary/aromatic N) is 3. The van der Waals surface area contributed by atoms with Crippen molar-refractivity contribution in [3.05, 3.63) is 59.2 Å². The first-order valence-corrected chi connectivity index (χ1v) is 12.3. The van der Waals surface area contributed by atoms with E-state index in [1.807, 2.05) is 6.07 Å². The second-order valence-electron chi connectivity index (χ2n) is 10.5. The summed E-state index contributed by atoms with van der Waals surface area (Å²) in [4.78, 5) is 4.70. The van der Waals surface area contributed by atoms with E-state index in [-0.39, 0.29) is 10.8 Å². The molecular weight excluding hydrogens is 418 g/mol. The van der Waals surface area contributed by atoms with Crippen LogP contribution in [0.4, 0.5) is 5.82 Å². The average molecular weight is 452 g/mol. The third kappa shape index (κ3) is 3.45. The highest BCUT2D eigenvalue weighted by Crippen LogP contribution is 2.50. The molecule has 32 heavy (non-hydrogen) atoms. The minimum atomic E-state index is -0.538. The number of piperazine rings is 1. The van der Waals surface area contributed by atoms with Crippen molar-refractivity contribution in [2.45, 2.75) is 50.7 Å². The van der Waals surface area contributed by atoms with Crippen LogP contribution in [0.5, 0.6) is 0 Å². The average Bonchev–Trinajstić information content (AvgIpc) is 3.27. The largest absolute Gasteiger partial charge is 0.391 e. The molecule has 2 heterocycles. The van der Waals surface area contributed by atoms with E-state index < -0.39 is 12.2 Å². The van der Waals surface area contributed by atoms with E-state index in [2.05, 4.69) is 73.9 Å². The maximum absolute atomic E-state index is 11.0. The van der Waals surface area contributed by atoms with Crippen LogP contribution >= 0.6 is 11.5 Å². The van der Waals surface area contributed by atoms with Crippen LogP contribution in [0.25, 0.3) is 10.1 Å². The van der Waals surface area contributed by atoms with Gasteiger partial charge in [-0.15, -0.1) is 0 Å². The summed E-state index contributed by atoms with van der Waals surface area (Å²) in [6.07, 6.45) is -0.976. The van der Waals surface area contributed by atoms with E-state index in [4.69, 9.17) is 4.37 Å². The van der Waals surface area contributed by atoms with Gasteiger partial charge in [0.05, 0.1) is 16.9 Å². The monoisotopic (exact) mass is 451 g/mol. The highest BCUT2D eigenvalue weighted by molar-refractivity contribution is 7.13. The number of benzene rings is 2. The third-order valence-electron chi connectivity index (χ3n) is 7.65. The zero-order valence-corrected chi connectivity index (χ0v) is 20.2. The first-order chi connectivity index (χ1) is 15.2. The Bertz CT molecular complexity index is 1130. The number of aromatic nitrogens is 1. The number of fused-ring (bicyclic) bond motifs is 2. The molecule has 2 N–H and O–H groups in total. The lowest BCUT2D eigenvalue weighted by molar-refractivity contribution is 0.0566. The molecule has 1 saturated heterocycles. The molecule has 1 aliphatic carbocycles. The van der Waals surface area contributed by atoms with Gasteiger partial charge in [0.2, 0.25) is 0 Å². The summed E-state index contributed by atoms with van der Waals surface area (Å²) in [6.45, 7) is 12.7. The summed E-state index contributed by atoms with van der Waals surface area (Å²) < 4.78 is 5.93. The molecule has 2 aromatic carbocycles. The molecule has 3 aromatic rings. The van der Waals surface area contributed by atoms with E-state index in [1.165, 1.54) is 15.6 Å². The topological polar surface area (TPSA) is 59.8 Å². The number of anilines is 1. The maximum Gasteiger partial charge on any atom is 0.150 e. The molecule has 1 aromatic heterocycles. The number of aliphatic hydroxyl groups is 2. The number of aliphatic hydroxyl groups excluding tert-OH is 2. The minimum absolute atomic E-state index is 0.279. The van der Waals surface area contributed by atoms with Crippen LogP contribution < -0.4 is 4.90 Å². The normalized spacial score (nSPS) is 23.4. The van der Waals surface area contributed by atoms with Crippen molar-refractivity contribution in [2.24, 2.45) is 0 Å². The number of β-amino-alcohol motifs (C(OH)–C–C–N with tert-alkyl or cyclic N) is 1. The van der Waals surface area contributed by atoms with Crippen LogP contribution in [0.3, 0.4) is 0 Å². The second-order valence-corrected chi connectivity index (χ2v) is 11.3. The smallest absolute Gasteiger partial charge is 0.150 e. The number of hydrogen-bond donors (Lipinski definition) is 2. The van der Waals surface area contributed by atoms with E-state index in [0.717, 1.165) is 43.1 Å². The summed E-state index contributed by atoms with van der Waals surface area (Å²) in [5, 5.41) is 23.2. The lowest BCUT2D eigenvalue weighted by Gasteiger charge is -2.36. The fourth-order valence-corrected chi connectivity index (χ4v) is 6.45. The van der Waals surface area contributed by atoms with Gasteiger partial charge in [0, 0.05) is 48.9 Å².